The molecular weight excluding hydrogens is 336 g/mol. The zero-order valence-corrected chi connectivity index (χ0v) is 15.4. The topological polar surface area (TPSA) is 94.3 Å². The first-order chi connectivity index (χ1) is 12.6. The van der Waals surface area contributed by atoms with Crippen molar-refractivity contribution >= 4 is 17.5 Å². The van der Waals surface area contributed by atoms with Gasteiger partial charge in [-0.25, -0.2) is 0 Å². The summed E-state index contributed by atoms with van der Waals surface area (Å²) < 4.78 is 8.67. The minimum Gasteiger partial charge on any atom is -0.378 e. The molecule has 2 amide bonds. The van der Waals surface area contributed by atoms with Gasteiger partial charge in [-0.2, -0.15) is 10.2 Å². The number of carbonyl (C=O) groups excluding carboxylic acids is 2. The molecule has 0 unspecified atom stereocenters. The number of aromatic nitrogens is 4. The lowest BCUT2D eigenvalue weighted by Crippen LogP contribution is -2.41. The number of aryl methyl sites for hydroxylation is 2. The molecule has 1 saturated heterocycles. The van der Waals surface area contributed by atoms with Crippen molar-refractivity contribution in [3.05, 3.63) is 29.3 Å². The van der Waals surface area contributed by atoms with E-state index in [1.807, 2.05) is 20.8 Å². The van der Waals surface area contributed by atoms with Gasteiger partial charge in [0.15, 0.2) is 0 Å². The molecule has 2 aromatic heterocycles. The van der Waals surface area contributed by atoms with Crippen LogP contribution in [0.2, 0.25) is 0 Å². The van der Waals surface area contributed by atoms with Crippen LogP contribution in [-0.2, 0) is 17.8 Å². The summed E-state index contributed by atoms with van der Waals surface area (Å²) in [6, 6.07) is 0. The summed E-state index contributed by atoms with van der Waals surface area (Å²) in [6.07, 6.45) is 3.07. The molecule has 0 spiro atoms. The molecule has 3 heterocycles. The molecule has 3 rings (SSSR count). The van der Waals surface area contributed by atoms with E-state index in [1.54, 1.807) is 20.5 Å². The molecule has 9 heteroatoms. The molecule has 0 saturated carbocycles. The van der Waals surface area contributed by atoms with Gasteiger partial charge in [-0.05, 0) is 20.8 Å². The minimum atomic E-state index is -0.297. The number of nitrogens with zero attached hydrogens (tertiary/aromatic N) is 5. The summed E-state index contributed by atoms with van der Waals surface area (Å²) in [7, 11) is 0. The van der Waals surface area contributed by atoms with Crippen LogP contribution in [0.1, 0.15) is 40.4 Å². The van der Waals surface area contributed by atoms with Crippen LogP contribution in [0.5, 0.6) is 0 Å². The van der Waals surface area contributed by atoms with Crippen molar-refractivity contribution in [2.45, 2.75) is 33.9 Å². The van der Waals surface area contributed by atoms with E-state index in [9.17, 15) is 9.59 Å². The van der Waals surface area contributed by atoms with E-state index in [0.29, 0.717) is 56.3 Å². The van der Waals surface area contributed by atoms with Crippen LogP contribution in [-0.4, -0.2) is 62.6 Å². The van der Waals surface area contributed by atoms with E-state index in [1.165, 1.54) is 6.20 Å². The number of hydrogen-bond donors (Lipinski definition) is 1. The highest BCUT2D eigenvalue weighted by Gasteiger charge is 2.26. The van der Waals surface area contributed by atoms with Gasteiger partial charge in [0.05, 0.1) is 36.9 Å². The second-order valence-corrected chi connectivity index (χ2v) is 6.04. The number of ether oxygens (including phenoxy) is 1. The van der Waals surface area contributed by atoms with Gasteiger partial charge in [0.2, 0.25) is 0 Å². The molecule has 26 heavy (non-hydrogen) atoms. The standard InChI is InChI=1S/C17H24N6O3/c1-4-22-12(3)13(10-18-22)16(24)20-14-11-19-23(5-2)15(14)17(25)21-6-8-26-9-7-21/h10-11H,4-9H2,1-3H3,(H,20,24). The molecule has 0 atom stereocenters. The Labute approximate surface area is 151 Å². The van der Waals surface area contributed by atoms with Crippen LogP contribution in [0.25, 0.3) is 0 Å². The maximum absolute atomic E-state index is 12.9. The highest BCUT2D eigenvalue weighted by molar-refractivity contribution is 6.08. The Bertz CT molecular complexity index is 804. The number of anilines is 1. The lowest BCUT2D eigenvalue weighted by atomic mass is 10.2. The van der Waals surface area contributed by atoms with Crippen LogP contribution >= 0.6 is 0 Å². The average molecular weight is 360 g/mol. The Balaban J connectivity index is 1.85. The van der Waals surface area contributed by atoms with E-state index in [-0.39, 0.29) is 11.8 Å². The Morgan fingerprint density at radius 1 is 1.12 bits per heavy atom. The van der Waals surface area contributed by atoms with Gasteiger partial charge >= 0.3 is 0 Å². The van der Waals surface area contributed by atoms with Gasteiger partial charge in [0, 0.05) is 31.9 Å². The van der Waals surface area contributed by atoms with Crippen LogP contribution in [0.15, 0.2) is 12.4 Å². The summed E-state index contributed by atoms with van der Waals surface area (Å²) in [5.74, 6) is -0.446. The van der Waals surface area contributed by atoms with E-state index >= 15 is 0 Å². The van der Waals surface area contributed by atoms with Crippen molar-refractivity contribution in [3.63, 3.8) is 0 Å². The van der Waals surface area contributed by atoms with Crippen molar-refractivity contribution in [3.8, 4) is 0 Å². The first-order valence-corrected chi connectivity index (χ1v) is 8.83. The van der Waals surface area contributed by atoms with E-state index in [2.05, 4.69) is 15.5 Å². The molecule has 0 aliphatic carbocycles. The third kappa shape index (κ3) is 3.34. The number of hydrogen-bond acceptors (Lipinski definition) is 5. The predicted molar refractivity (Wildman–Crippen MR) is 95.2 cm³/mol. The molecule has 2 aromatic rings. The van der Waals surface area contributed by atoms with Crippen LogP contribution in [0.4, 0.5) is 5.69 Å². The summed E-state index contributed by atoms with van der Waals surface area (Å²) in [4.78, 5) is 27.3. The molecular formula is C17H24N6O3. The van der Waals surface area contributed by atoms with Gasteiger partial charge in [-0.15, -0.1) is 0 Å². The van der Waals surface area contributed by atoms with E-state index in [0.717, 1.165) is 5.69 Å². The van der Waals surface area contributed by atoms with Gasteiger partial charge in [-0.1, -0.05) is 0 Å². The van der Waals surface area contributed by atoms with Crippen molar-refractivity contribution in [1.82, 2.24) is 24.5 Å². The molecule has 1 aliphatic rings. The molecule has 0 bridgehead atoms. The number of rotatable bonds is 5. The van der Waals surface area contributed by atoms with Crippen LogP contribution in [0.3, 0.4) is 0 Å². The minimum absolute atomic E-state index is 0.149. The molecule has 1 aliphatic heterocycles. The fourth-order valence-corrected chi connectivity index (χ4v) is 3.04. The van der Waals surface area contributed by atoms with E-state index < -0.39 is 0 Å². The summed E-state index contributed by atoms with van der Waals surface area (Å²) in [5, 5.41) is 11.3. The predicted octanol–water partition coefficient (Wildman–Crippen LogP) is 1.15. The number of carbonyl (C=O) groups is 2. The van der Waals surface area contributed by atoms with Crippen LogP contribution in [0, 0.1) is 6.92 Å². The zero-order chi connectivity index (χ0) is 18.7. The molecule has 0 radical (unpaired) electrons. The molecule has 1 N–H and O–H groups in total. The zero-order valence-electron chi connectivity index (χ0n) is 15.4. The first kappa shape index (κ1) is 18.1. The van der Waals surface area contributed by atoms with Crippen molar-refractivity contribution < 1.29 is 14.3 Å². The Hall–Kier alpha value is -2.68. The molecule has 9 nitrogen and oxygen atoms in total. The average Bonchev–Trinajstić information content (AvgIpc) is 3.24. The normalized spacial score (nSPS) is 14.5. The van der Waals surface area contributed by atoms with Gasteiger partial charge in [-0.3, -0.25) is 19.0 Å². The maximum Gasteiger partial charge on any atom is 0.274 e. The molecule has 1 fully saturated rings. The lowest BCUT2D eigenvalue weighted by Gasteiger charge is -2.27. The largest absolute Gasteiger partial charge is 0.378 e. The number of amides is 2. The summed E-state index contributed by atoms with van der Waals surface area (Å²) in [5.41, 5.74) is 2.08. The second-order valence-electron chi connectivity index (χ2n) is 6.04. The van der Waals surface area contributed by atoms with Crippen molar-refractivity contribution in [1.29, 1.82) is 0 Å². The van der Waals surface area contributed by atoms with Crippen molar-refractivity contribution in [2.75, 3.05) is 31.6 Å². The van der Waals surface area contributed by atoms with E-state index in [4.69, 9.17) is 4.74 Å². The monoisotopic (exact) mass is 360 g/mol. The fourth-order valence-electron chi connectivity index (χ4n) is 3.04. The SMILES string of the molecule is CCn1ncc(C(=O)Nc2cnn(CC)c2C(=O)N2CCOCC2)c1C. The summed E-state index contributed by atoms with van der Waals surface area (Å²) in [6.45, 7) is 9.04. The Morgan fingerprint density at radius 2 is 1.77 bits per heavy atom. The van der Waals surface area contributed by atoms with Crippen molar-refractivity contribution in [2.24, 2.45) is 0 Å². The third-order valence-electron chi connectivity index (χ3n) is 4.54. The molecule has 140 valence electrons. The van der Waals surface area contributed by atoms with Gasteiger partial charge in [0.25, 0.3) is 11.8 Å². The Kier molecular flexibility index (Phi) is 5.36. The highest BCUT2D eigenvalue weighted by atomic mass is 16.5. The fraction of sp³-hybridized carbons (Fsp3) is 0.529. The number of nitrogens with one attached hydrogen (secondary N) is 1. The first-order valence-electron chi connectivity index (χ1n) is 8.83. The third-order valence-corrected chi connectivity index (χ3v) is 4.54. The smallest absolute Gasteiger partial charge is 0.274 e. The molecule has 0 aromatic carbocycles. The number of morpholine rings is 1. The highest BCUT2D eigenvalue weighted by Crippen LogP contribution is 2.20. The van der Waals surface area contributed by atoms with Gasteiger partial charge < -0.3 is 15.0 Å². The van der Waals surface area contributed by atoms with Gasteiger partial charge in [0.1, 0.15) is 5.69 Å². The van der Waals surface area contributed by atoms with Crippen LogP contribution < -0.4 is 5.32 Å². The maximum atomic E-state index is 12.9. The summed E-state index contributed by atoms with van der Waals surface area (Å²) >= 11 is 0. The Morgan fingerprint density at radius 3 is 2.38 bits per heavy atom. The second kappa shape index (κ2) is 7.69. The quantitative estimate of drug-likeness (QED) is 0.863. The lowest BCUT2D eigenvalue weighted by molar-refractivity contribution is 0.0295.